The number of hydrogen-bond acceptors (Lipinski definition) is 3. The van der Waals surface area contributed by atoms with Gasteiger partial charge in [0.15, 0.2) is 0 Å². The highest BCUT2D eigenvalue weighted by Crippen LogP contribution is 2.41. The smallest absolute Gasteiger partial charge is 0.257 e. The highest BCUT2D eigenvalue weighted by Gasteiger charge is 2.26. The maximum Gasteiger partial charge on any atom is 0.257 e. The van der Waals surface area contributed by atoms with Gasteiger partial charge in [-0.25, -0.2) is 4.98 Å². The van der Waals surface area contributed by atoms with Crippen LogP contribution in [0.5, 0.6) is 0 Å². The molecule has 0 saturated heterocycles. The third-order valence-corrected chi connectivity index (χ3v) is 6.65. The minimum atomic E-state index is -0.315. The van der Waals surface area contributed by atoms with Crippen molar-refractivity contribution in [2.75, 3.05) is 0 Å². The lowest BCUT2D eigenvalue weighted by Crippen LogP contribution is -2.31. The van der Waals surface area contributed by atoms with Gasteiger partial charge in [-0.05, 0) is 85.0 Å². The molecule has 33 heavy (non-hydrogen) atoms. The molecule has 2 aromatic carbocycles. The quantitative estimate of drug-likeness (QED) is 0.473. The van der Waals surface area contributed by atoms with Crippen LogP contribution in [0.2, 0.25) is 0 Å². The van der Waals surface area contributed by atoms with Crippen molar-refractivity contribution >= 4 is 16.9 Å². The number of nitrogens with zero attached hydrogens (tertiary/aromatic N) is 2. The molecule has 4 aromatic rings. The highest BCUT2D eigenvalue weighted by atomic mass is 16.2. The number of fused-ring (bicyclic) bond motifs is 1. The number of benzene rings is 2. The fourth-order valence-electron chi connectivity index (χ4n) is 4.51. The molecular weight excluding hydrogens is 410 g/mol. The van der Waals surface area contributed by atoms with Crippen molar-refractivity contribution in [3.05, 3.63) is 93.9 Å². The Morgan fingerprint density at radius 1 is 1.03 bits per heavy atom. The van der Waals surface area contributed by atoms with E-state index in [-0.39, 0.29) is 22.9 Å². The van der Waals surface area contributed by atoms with Gasteiger partial charge in [0, 0.05) is 24.1 Å². The zero-order chi connectivity index (χ0) is 22.5. The van der Waals surface area contributed by atoms with Gasteiger partial charge in [-0.1, -0.05) is 30.3 Å². The third-order valence-electron chi connectivity index (χ3n) is 6.65. The number of carbonyl (C=O) groups is 1. The molecule has 5 nitrogen and oxygen atoms in total. The first-order valence-electron chi connectivity index (χ1n) is 11.6. The molecule has 0 aliphatic heterocycles. The van der Waals surface area contributed by atoms with Crippen molar-refractivity contribution in [2.45, 2.75) is 44.6 Å². The number of carbonyl (C=O) groups excluding carboxylic acids is 1. The van der Waals surface area contributed by atoms with Gasteiger partial charge in [0.2, 0.25) is 5.43 Å². The minimum absolute atomic E-state index is 0.151. The van der Waals surface area contributed by atoms with E-state index in [0.717, 1.165) is 30.0 Å². The number of pyridine rings is 2. The molecule has 2 aliphatic rings. The Balaban J connectivity index is 1.47. The molecule has 2 heterocycles. The van der Waals surface area contributed by atoms with E-state index in [4.69, 9.17) is 0 Å². The second-order valence-corrected chi connectivity index (χ2v) is 9.26. The summed E-state index contributed by atoms with van der Waals surface area (Å²) in [6.45, 7) is 2.16. The number of amides is 1. The van der Waals surface area contributed by atoms with Crippen LogP contribution in [0, 0.1) is 6.92 Å². The van der Waals surface area contributed by atoms with Crippen LogP contribution in [0.4, 0.5) is 0 Å². The Hall–Kier alpha value is -3.73. The molecule has 6 rings (SSSR count). The number of rotatable bonds is 5. The fraction of sp³-hybridized carbons (Fsp3) is 0.250. The minimum Gasteiger partial charge on any atom is -0.349 e. The maximum atomic E-state index is 13.1. The van der Waals surface area contributed by atoms with Crippen LogP contribution < -0.4 is 10.7 Å². The Morgan fingerprint density at radius 3 is 2.64 bits per heavy atom. The zero-order valence-corrected chi connectivity index (χ0v) is 18.5. The van der Waals surface area contributed by atoms with Gasteiger partial charge in [-0.3, -0.25) is 9.59 Å². The standard InChI is InChI=1S/C28H25N3O2/c1-17-14-19(18-7-8-18)9-12-23(17)20-4-2-5-22(15-20)31-16-25(28(33)30-21-10-11-21)26(32)24-6-3-13-29-27(24)31/h2-6,9,12-16,18,21H,7-8,10-11H2,1H3,(H,30,33). The monoisotopic (exact) mass is 435 g/mol. The summed E-state index contributed by atoms with van der Waals surface area (Å²) >= 11 is 0. The van der Waals surface area contributed by atoms with Crippen molar-refractivity contribution in [3.8, 4) is 16.8 Å². The molecule has 1 N–H and O–H groups in total. The molecule has 5 heteroatoms. The van der Waals surface area contributed by atoms with Crippen molar-refractivity contribution in [3.63, 3.8) is 0 Å². The molecule has 2 aromatic heterocycles. The summed E-state index contributed by atoms with van der Waals surface area (Å²) in [6, 6.07) is 18.6. The van der Waals surface area contributed by atoms with Crippen LogP contribution in [0.1, 0.15) is 53.1 Å². The van der Waals surface area contributed by atoms with E-state index in [1.54, 1.807) is 24.5 Å². The first-order valence-corrected chi connectivity index (χ1v) is 11.6. The van der Waals surface area contributed by atoms with Gasteiger partial charge in [0.1, 0.15) is 11.2 Å². The number of aryl methyl sites for hydroxylation is 1. The average molecular weight is 436 g/mol. The van der Waals surface area contributed by atoms with Gasteiger partial charge in [-0.2, -0.15) is 0 Å². The van der Waals surface area contributed by atoms with E-state index in [2.05, 4.69) is 47.6 Å². The average Bonchev–Trinajstić information content (AvgIpc) is 3.74. The van der Waals surface area contributed by atoms with E-state index in [1.807, 2.05) is 16.7 Å². The molecular formula is C28H25N3O2. The molecule has 0 spiro atoms. The largest absolute Gasteiger partial charge is 0.349 e. The topological polar surface area (TPSA) is 64.0 Å². The molecule has 0 radical (unpaired) electrons. The van der Waals surface area contributed by atoms with Crippen molar-refractivity contribution in [1.82, 2.24) is 14.9 Å². The van der Waals surface area contributed by atoms with Crippen LogP contribution >= 0.6 is 0 Å². The van der Waals surface area contributed by atoms with E-state index in [1.165, 1.54) is 29.5 Å². The maximum absolute atomic E-state index is 13.1. The van der Waals surface area contributed by atoms with Crippen LogP contribution in [0.15, 0.2) is 71.8 Å². The normalized spacial score (nSPS) is 15.5. The molecule has 2 fully saturated rings. The van der Waals surface area contributed by atoms with Crippen LogP contribution in [0.25, 0.3) is 27.8 Å². The Bertz CT molecular complexity index is 1460. The summed E-state index contributed by atoms with van der Waals surface area (Å²) in [5.41, 5.74) is 6.24. The molecule has 0 bridgehead atoms. The summed E-state index contributed by atoms with van der Waals surface area (Å²) in [7, 11) is 0. The van der Waals surface area contributed by atoms with Gasteiger partial charge in [-0.15, -0.1) is 0 Å². The van der Waals surface area contributed by atoms with Crippen molar-refractivity contribution in [2.24, 2.45) is 0 Å². The van der Waals surface area contributed by atoms with Crippen LogP contribution in [-0.4, -0.2) is 21.5 Å². The second kappa shape index (κ2) is 7.69. The van der Waals surface area contributed by atoms with Gasteiger partial charge in [0.05, 0.1) is 5.39 Å². The molecule has 2 saturated carbocycles. The summed E-state index contributed by atoms with van der Waals surface area (Å²) in [6.07, 6.45) is 7.82. The van der Waals surface area contributed by atoms with Crippen molar-refractivity contribution in [1.29, 1.82) is 0 Å². The summed E-state index contributed by atoms with van der Waals surface area (Å²) in [5.74, 6) is 0.410. The predicted molar refractivity (Wildman–Crippen MR) is 130 cm³/mol. The molecule has 2 aliphatic carbocycles. The second-order valence-electron chi connectivity index (χ2n) is 9.26. The Labute approximate surface area is 192 Å². The number of nitrogens with one attached hydrogen (secondary N) is 1. The van der Waals surface area contributed by atoms with Gasteiger partial charge < -0.3 is 9.88 Å². The Morgan fingerprint density at radius 2 is 1.88 bits per heavy atom. The van der Waals surface area contributed by atoms with Crippen LogP contribution in [0.3, 0.4) is 0 Å². The number of hydrogen-bond donors (Lipinski definition) is 1. The van der Waals surface area contributed by atoms with E-state index in [9.17, 15) is 9.59 Å². The molecule has 164 valence electrons. The fourth-order valence-corrected chi connectivity index (χ4v) is 4.51. The molecule has 0 atom stereocenters. The third kappa shape index (κ3) is 3.74. The number of aromatic nitrogens is 2. The highest BCUT2D eigenvalue weighted by molar-refractivity contribution is 5.97. The van der Waals surface area contributed by atoms with Gasteiger partial charge >= 0.3 is 0 Å². The Kier molecular flexibility index (Phi) is 4.64. The predicted octanol–water partition coefficient (Wildman–Crippen LogP) is 5.13. The summed E-state index contributed by atoms with van der Waals surface area (Å²) < 4.78 is 1.86. The van der Waals surface area contributed by atoms with Crippen LogP contribution in [-0.2, 0) is 0 Å². The molecule has 1 amide bonds. The lowest BCUT2D eigenvalue weighted by Gasteiger charge is -2.15. The summed E-state index contributed by atoms with van der Waals surface area (Å²) in [5, 5.41) is 3.39. The first-order chi connectivity index (χ1) is 16.1. The van der Waals surface area contributed by atoms with E-state index >= 15 is 0 Å². The van der Waals surface area contributed by atoms with E-state index in [0.29, 0.717) is 11.0 Å². The summed E-state index contributed by atoms with van der Waals surface area (Å²) in [4.78, 5) is 30.4. The van der Waals surface area contributed by atoms with Crippen molar-refractivity contribution < 1.29 is 4.79 Å². The molecule has 0 unspecified atom stereocenters. The lowest BCUT2D eigenvalue weighted by atomic mass is 9.96. The first kappa shape index (κ1) is 19.9. The lowest BCUT2D eigenvalue weighted by molar-refractivity contribution is 0.0949. The van der Waals surface area contributed by atoms with Gasteiger partial charge in [0.25, 0.3) is 5.91 Å². The zero-order valence-electron chi connectivity index (χ0n) is 18.5. The van der Waals surface area contributed by atoms with E-state index < -0.39 is 0 Å². The SMILES string of the molecule is Cc1cc(C2CC2)ccc1-c1cccc(-n2cc(C(=O)NC3CC3)c(=O)c3cccnc32)c1.